The van der Waals surface area contributed by atoms with Gasteiger partial charge >= 0.3 is 17.9 Å². The Labute approximate surface area is 175 Å². The molecule has 0 rings (SSSR count). The normalized spacial score (nSPS) is 11.0. The second kappa shape index (κ2) is 19.7. The van der Waals surface area contributed by atoms with E-state index in [1.54, 1.807) is 7.11 Å². The Morgan fingerprint density at radius 1 is 0.655 bits per heavy atom. The van der Waals surface area contributed by atoms with E-state index in [0.29, 0.717) is 19.4 Å². The summed E-state index contributed by atoms with van der Waals surface area (Å²) in [5, 5.41) is 17.3. The lowest BCUT2D eigenvalue weighted by atomic mass is 10.0. The molecular weight excluding hydrogens is 376 g/mol. The van der Waals surface area contributed by atoms with Crippen LogP contribution in [0.1, 0.15) is 103 Å². The third kappa shape index (κ3) is 20.9. The minimum atomic E-state index is -0.742. The molecule has 0 aliphatic rings. The summed E-state index contributed by atoms with van der Waals surface area (Å²) in [6.45, 7) is 0.548. The van der Waals surface area contributed by atoms with Crippen LogP contribution in [0.4, 0.5) is 0 Å². The summed E-state index contributed by atoms with van der Waals surface area (Å²) in [4.78, 5) is 33.0. The summed E-state index contributed by atoms with van der Waals surface area (Å²) in [6.07, 6.45) is 12.4. The van der Waals surface area contributed by atoms with Crippen molar-refractivity contribution < 1.29 is 34.1 Å². The third-order valence-corrected chi connectivity index (χ3v) is 4.86. The zero-order valence-corrected chi connectivity index (χ0v) is 18.0. The first-order chi connectivity index (χ1) is 14.0. The third-order valence-electron chi connectivity index (χ3n) is 4.86. The fraction of sp³-hybridized carbons (Fsp3) is 0.864. The molecule has 0 radical (unpaired) electrons. The first-order valence-electron chi connectivity index (χ1n) is 11.1. The maximum Gasteiger partial charge on any atom is 0.306 e. The van der Waals surface area contributed by atoms with Gasteiger partial charge in [-0.15, -0.1) is 0 Å². The van der Waals surface area contributed by atoms with Gasteiger partial charge in [-0.2, -0.15) is 0 Å². The van der Waals surface area contributed by atoms with Crippen LogP contribution in [0.2, 0.25) is 0 Å². The predicted octanol–water partition coefficient (Wildman–Crippen LogP) is 4.96. The van der Waals surface area contributed by atoms with E-state index in [1.165, 1.54) is 0 Å². The number of hydrogen-bond acceptors (Lipinski definition) is 5. The van der Waals surface area contributed by atoms with E-state index in [-0.39, 0.29) is 24.9 Å². The number of aliphatic carboxylic acids is 2. The van der Waals surface area contributed by atoms with Crippen molar-refractivity contribution in [2.45, 2.75) is 109 Å². The number of carboxylic acids is 2. The highest BCUT2D eigenvalue weighted by atomic mass is 16.5. The molecule has 0 atom stereocenters. The Kier molecular flexibility index (Phi) is 18.6. The Hall–Kier alpha value is -1.63. The highest BCUT2D eigenvalue weighted by molar-refractivity contribution is 5.69. The summed E-state index contributed by atoms with van der Waals surface area (Å²) < 4.78 is 10.6. The number of carbonyl (C=O) groups excluding carboxylic acids is 1. The fourth-order valence-electron chi connectivity index (χ4n) is 3.22. The monoisotopic (exact) mass is 416 g/mol. The molecule has 0 aromatic rings. The minimum Gasteiger partial charge on any atom is -0.481 e. The van der Waals surface area contributed by atoms with Crippen LogP contribution in [0.5, 0.6) is 0 Å². The van der Waals surface area contributed by atoms with Crippen LogP contribution in [0.15, 0.2) is 0 Å². The largest absolute Gasteiger partial charge is 0.481 e. The van der Waals surface area contributed by atoms with E-state index in [4.69, 9.17) is 19.7 Å². The molecule has 0 heterocycles. The highest BCUT2D eigenvalue weighted by Gasteiger charge is 2.14. The van der Waals surface area contributed by atoms with Crippen LogP contribution in [0.3, 0.4) is 0 Å². The molecule has 2 N–H and O–H groups in total. The van der Waals surface area contributed by atoms with E-state index in [9.17, 15) is 14.4 Å². The first-order valence-corrected chi connectivity index (χ1v) is 11.1. The van der Waals surface area contributed by atoms with E-state index in [2.05, 4.69) is 0 Å². The number of unbranched alkanes of at least 4 members (excludes halogenated alkanes) is 8. The van der Waals surface area contributed by atoms with Crippen LogP contribution in [0, 0.1) is 0 Å². The van der Waals surface area contributed by atoms with Crippen LogP contribution >= 0.6 is 0 Å². The van der Waals surface area contributed by atoms with Gasteiger partial charge < -0.3 is 19.7 Å². The van der Waals surface area contributed by atoms with Crippen molar-refractivity contribution in [3.05, 3.63) is 0 Å². The maximum absolute atomic E-state index is 12.0. The van der Waals surface area contributed by atoms with Crippen molar-refractivity contribution in [2.75, 3.05) is 13.7 Å². The number of ether oxygens (including phenoxy) is 2. The molecule has 0 spiro atoms. The van der Waals surface area contributed by atoms with Gasteiger partial charge in [0, 0.05) is 33.0 Å². The Balaban J connectivity index is 4.03. The van der Waals surface area contributed by atoms with Gasteiger partial charge in [-0.3, -0.25) is 14.4 Å². The van der Waals surface area contributed by atoms with Gasteiger partial charge in [-0.25, -0.2) is 0 Å². The fourth-order valence-corrected chi connectivity index (χ4v) is 3.22. The van der Waals surface area contributed by atoms with Gasteiger partial charge in [0.25, 0.3) is 0 Å². The van der Waals surface area contributed by atoms with Crippen LogP contribution in [-0.4, -0.2) is 47.9 Å². The Bertz CT molecular complexity index is 409. The molecule has 7 heteroatoms. The molecule has 0 fully saturated rings. The molecule has 0 saturated heterocycles. The molecule has 0 saturated carbocycles. The van der Waals surface area contributed by atoms with Crippen LogP contribution in [0.25, 0.3) is 0 Å². The van der Waals surface area contributed by atoms with E-state index >= 15 is 0 Å². The topological polar surface area (TPSA) is 110 Å². The molecule has 0 unspecified atom stereocenters. The van der Waals surface area contributed by atoms with Gasteiger partial charge in [-0.1, -0.05) is 38.5 Å². The quantitative estimate of drug-likeness (QED) is 0.201. The minimum absolute atomic E-state index is 0.0666. The molecule has 0 aromatic carbocycles. The van der Waals surface area contributed by atoms with Gasteiger partial charge in [-0.05, 0) is 44.9 Å². The number of esters is 1. The Morgan fingerprint density at radius 2 is 1.10 bits per heavy atom. The SMILES string of the molecule is COCCCC(=O)OC(CCCCCCCC(=O)O)CCCCCCCC(=O)O. The number of hydrogen-bond donors (Lipinski definition) is 2. The second-order valence-electron chi connectivity index (χ2n) is 7.61. The van der Waals surface area contributed by atoms with E-state index in [1.807, 2.05) is 0 Å². The molecule has 170 valence electrons. The zero-order chi connectivity index (χ0) is 21.7. The summed E-state index contributed by atoms with van der Waals surface area (Å²) in [5.41, 5.74) is 0. The van der Waals surface area contributed by atoms with E-state index in [0.717, 1.165) is 77.0 Å². The second-order valence-corrected chi connectivity index (χ2v) is 7.61. The molecular formula is C22H40O7. The molecule has 7 nitrogen and oxygen atoms in total. The average molecular weight is 417 g/mol. The van der Waals surface area contributed by atoms with Crippen molar-refractivity contribution >= 4 is 17.9 Å². The van der Waals surface area contributed by atoms with Gasteiger partial charge in [0.1, 0.15) is 6.10 Å². The lowest BCUT2D eigenvalue weighted by molar-refractivity contribution is -0.150. The lowest BCUT2D eigenvalue weighted by Gasteiger charge is -2.18. The van der Waals surface area contributed by atoms with Crippen molar-refractivity contribution in [3.8, 4) is 0 Å². The number of carbonyl (C=O) groups is 3. The molecule has 29 heavy (non-hydrogen) atoms. The molecule has 0 bridgehead atoms. The average Bonchev–Trinajstić information content (AvgIpc) is 2.65. The number of methoxy groups -OCH3 is 1. The Morgan fingerprint density at radius 3 is 1.55 bits per heavy atom. The van der Waals surface area contributed by atoms with Crippen LogP contribution < -0.4 is 0 Å². The standard InChI is InChI=1S/C22H40O7/c1-28-18-12-17-22(27)29-19(13-8-4-2-6-10-15-20(23)24)14-9-5-3-7-11-16-21(25)26/h19H,2-18H2,1H3,(H,23,24)(H,25,26). The molecule has 0 amide bonds. The van der Waals surface area contributed by atoms with Crippen molar-refractivity contribution in [1.82, 2.24) is 0 Å². The number of rotatable bonds is 21. The summed E-state index contributed by atoms with van der Waals surface area (Å²) in [7, 11) is 1.61. The number of carboxylic acid groups (broad SMARTS) is 2. The van der Waals surface area contributed by atoms with Gasteiger partial charge in [0.05, 0.1) is 0 Å². The summed E-state index contributed by atoms with van der Waals surface area (Å²) in [5.74, 6) is -1.66. The summed E-state index contributed by atoms with van der Waals surface area (Å²) >= 11 is 0. The predicted molar refractivity (Wildman–Crippen MR) is 111 cm³/mol. The molecule has 0 aliphatic heterocycles. The zero-order valence-electron chi connectivity index (χ0n) is 18.0. The van der Waals surface area contributed by atoms with E-state index < -0.39 is 11.9 Å². The van der Waals surface area contributed by atoms with Crippen molar-refractivity contribution in [1.29, 1.82) is 0 Å². The van der Waals surface area contributed by atoms with Gasteiger partial charge in [0.2, 0.25) is 0 Å². The van der Waals surface area contributed by atoms with Gasteiger partial charge in [0.15, 0.2) is 0 Å². The highest BCUT2D eigenvalue weighted by Crippen LogP contribution is 2.17. The lowest BCUT2D eigenvalue weighted by Crippen LogP contribution is -2.18. The molecule has 0 aliphatic carbocycles. The summed E-state index contributed by atoms with van der Waals surface area (Å²) in [6, 6.07) is 0. The molecule has 0 aromatic heterocycles. The smallest absolute Gasteiger partial charge is 0.306 e. The van der Waals surface area contributed by atoms with Crippen molar-refractivity contribution in [2.24, 2.45) is 0 Å². The van der Waals surface area contributed by atoms with Crippen LogP contribution in [-0.2, 0) is 23.9 Å². The first kappa shape index (κ1) is 27.4. The van der Waals surface area contributed by atoms with Crippen molar-refractivity contribution in [3.63, 3.8) is 0 Å². The maximum atomic E-state index is 12.0.